The number of carbonyl (C=O) groups excluding carboxylic acids is 1. The zero-order chi connectivity index (χ0) is 22.7. The molecule has 2 aliphatic rings. The van der Waals surface area contributed by atoms with Crippen LogP contribution in [0.3, 0.4) is 0 Å². The molecule has 9 heteroatoms. The van der Waals surface area contributed by atoms with Gasteiger partial charge in [0.25, 0.3) is 15.9 Å². The molecular formula is C23H28ClN3O4S. The Morgan fingerprint density at radius 1 is 1.09 bits per heavy atom. The number of benzene rings is 2. The molecule has 7 nitrogen and oxygen atoms in total. The number of amides is 1. The van der Waals surface area contributed by atoms with Gasteiger partial charge in [-0.05, 0) is 68.1 Å². The number of anilines is 1. The third kappa shape index (κ3) is 5.54. The average Bonchev–Trinajstić information content (AvgIpc) is 3.59. The predicted octanol–water partition coefficient (Wildman–Crippen LogP) is 3.71. The number of carbonyl (C=O) groups is 1. The Morgan fingerprint density at radius 2 is 1.78 bits per heavy atom. The van der Waals surface area contributed by atoms with Gasteiger partial charge in [0.05, 0.1) is 11.6 Å². The Hall–Kier alpha value is -2.29. The second-order valence-electron chi connectivity index (χ2n) is 8.24. The van der Waals surface area contributed by atoms with Crippen molar-refractivity contribution in [3.8, 4) is 5.75 Å². The van der Waals surface area contributed by atoms with Gasteiger partial charge in [0.15, 0.2) is 0 Å². The van der Waals surface area contributed by atoms with Crippen LogP contribution in [0.5, 0.6) is 5.75 Å². The van der Waals surface area contributed by atoms with Crippen LogP contribution in [0, 0.1) is 5.92 Å². The van der Waals surface area contributed by atoms with E-state index in [0.29, 0.717) is 36.7 Å². The molecule has 4 rings (SSSR count). The molecule has 1 saturated carbocycles. The van der Waals surface area contributed by atoms with Gasteiger partial charge >= 0.3 is 0 Å². The number of halogens is 1. The van der Waals surface area contributed by atoms with E-state index >= 15 is 0 Å². The first-order chi connectivity index (χ1) is 15.4. The number of hydrogen-bond donors (Lipinski definition) is 1. The van der Waals surface area contributed by atoms with Crippen LogP contribution in [0.4, 0.5) is 5.69 Å². The zero-order valence-corrected chi connectivity index (χ0v) is 19.7. The molecule has 172 valence electrons. The Morgan fingerprint density at radius 3 is 2.41 bits per heavy atom. The van der Waals surface area contributed by atoms with Crippen molar-refractivity contribution in [2.75, 3.05) is 44.1 Å². The standard InChI is InChI=1S/C23H28ClN3O4S/c1-2-31-20-8-6-19(7-9-20)25-32(29,30)22-15-18(5-10-21(22)24)23(28)27-13-11-26(12-14-27)16-17-3-4-17/h5-10,15,17,25H,2-4,11-14,16H2,1H3. The molecule has 2 fully saturated rings. The molecule has 2 aromatic carbocycles. The molecular weight excluding hydrogens is 450 g/mol. The molecule has 0 aromatic heterocycles. The molecule has 0 atom stereocenters. The monoisotopic (exact) mass is 477 g/mol. The number of ether oxygens (including phenoxy) is 1. The lowest BCUT2D eigenvalue weighted by Crippen LogP contribution is -2.49. The maximum atomic E-state index is 13.0. The fourth-order valence-corrected chi connectivity index (χ4v) is 5.41. The molecule has 0 radical (unpaired) electrons. The quantitative estimate of drug-likeness (QED) is 0.627. The van der Waals surface area contributed by atoms with E-state index in [0.717, 1.165) is 25.6 Å². The number of nitrogens with zero attached hydrogens (tertiary/aromatic N) is 2. The molecule has 0 unspecified atom stereocenters. The van der Waals surface area contributed by atoms with Gasteiger partial charge in [-0.3, -0.25) is 14.4 Å². The van der Waals surface area contributed by atoms with Crippen molar-refractivity contribution in [2.45, 2.75) is 24.7 Å². The molecule has 32 heavy (non-hydrogen) atoms. The highest BCUT2D eigenvalue weighted by Gasteiger charge is 2.28. The number of piperazine rings is 1. The summed E-state index contributed by atoms with van der Waals surface area (Å²) in [6.07, 6.45) is 2.62. The highest BCUT2D eigenvalue weighted by Crippen LogP contribution is 2.30. The van der Waals surface area contributed by atoms with Crippen LogP contribution in [0.2, 0.25) is 5.02 Å². The fourth-order valence-electron chi connectivity index (χ4n) is 3.82. The van der Waals surface area contributed by atoms with Gasteiger partial charge in [0, 0.05) is 44.0 Å². The van der Waals surface area contributed by atoms with Gasteiger partial charge in [-0.1, -0.05) is 11.6 Å². The van der Waals surface area contributed by atoms with Crippen LogP contribution in [-0.4, -0.2) is 63.5 Å². The molecule has 2 aromatic rings. The molecule has 1 amide bonds. The summed E-state index contributed by atoms with van der Waals surface area (Å²) in [5.41, 5.74) is 0.699. The summed E-state index contributed by atoms with van der Waals surface area (Å²) in [5.74, 6) is 1.30. The average molecular weight is 478 g/mol. The van der Waals surface area contributed by atoms with Crippen molar-refractivity contribution in [1.82, 2.24) is 9.80 Å². The van der Waals surface area contributed by atoms with Crippen molar-refractivity contribution in [3.05, 3.63) is 53.1 Å². The van der Waals surface area contributed by atoms with Crippen molar-refractivity contribution in [2.24, 2.45) is 5.92 Å². The van der Waals surface area contributed by atoms with Crippen LogP contribution in [0.1, 0.15) is 30.1 Å². The van der Waals surface area contributed by atoms with Crippen molar-refractivity contribution >= 4 is 33.2 Å². The number of sulfonamides is 1. The van der Waals surface area contributed by atoms with Gasteiger partial charge in [-0.15, -0.1) is 0 Å². The third-order valence-electron chi connectivity index (χ3n) is 5.76. The number of rotatable bonds is 8. The summed E-state index contributed by atoms with van der Waals surface area (Å²) < 4.78 is 33.9. The van der Waals surface area contributed by atoms with E-state index in [2.05, 4.69) is 9.62 Å². The van der Waals surface area contributed by atoms with Gasteiger partial charge in [0.2, 0.25) is 0 Å². The Balaban J connectivity index is 1.45. The summed E-state index contributed by atoms with van der Waals surface area (Å²) in [6, 6.07) is 11.0. The first-order valence-electron chi connectivity index (χ1n) is 10.9. The van der Waals surface area contributed by atoms with Gasteiger partial charge in [-0.2, -0.15) is 0 Å². The lowest BCUT2D eigenvalue weighted by Gasteiger charge is -2.34. The highest BCUT2D eigenvalue weighted by atomic mass is 35.5. The summed E-state index contributed by atoms with van der Waals surface area (Å²) >= 11 is 6.21. The van der Waals surface area contributed by atoms with Crippen molar-refractivity contribution < 1.29 is 17.9 Å². The lowest BCUT2D eigenvalue weighted by molar-refractivity contribution is 0.0632. The summed E-state index contributed by atoms with van der Waals surface area (Å²) in [7, 11) is -3.97. The van der Waals surface area contributed by atoms with Crippen molar-refractivity contribution in [3.63, 3.8) is 0 Å². The Bertz CT molecular complexity index is 1060. The Kier molecular flexibility index (Phi) is 6.93. The van der Waals surface area contributed by atoms with Crippen molar-refractivity contribution in [1.29, 1.82) is 0 Å². The lowest BCUT2D eigenvalue weighted by atomic mass is 10.1. The van der Waals surface area contributed by atoms with Gasteiger partial charge < -0.3 is 9.64 Å². The van der Waals surface area contributed by atoms with E-state index in [1.54, 1.807) is 35.2 Å². The van der Waals surface area contributed by atoms with E-state index in [1.807, 2.05) is 6.92 Å². The topological polar surface area (TPSA) is 78.9 Å². The van der Waals surface area contributed by atoms with E-state index in [-0.39, 0.29) is 15.8 Å². The Labute approximate surface area is 194 Å². The van der Waals surface area contributed by atoms with Crippen LogP contribution < -0.4 is 9.46 Å². The zero-order valence-electron chi connectivity index (χ0n) is 18.1. The molecule has 0 spiro atoms. The predicted molar refractivity (Wildman–Crippen MR) is 125 cm³/mol. The van der Waals surface area contributed by atoms with E-state index in [4.69, 9.17) is 16.3 Å². The normalized spacial score (nSPS) is 17.2. The summed E-state index contributed by atoms with van der Waals surface area (Å²) in [6.45, 7) is 6.49. The first kappa shape index (κ1) is 22.9. The molecule has 1 aliphatic carbocycles. The van der Waals surface area contributed by atoms with Crippen LogP contribution in [0.15, 0.2) is 47.4 Å². The summed E-state index contributed by atoms with van der Waals surface area (Å²) in [4.78, 5) is 17.1. The van der Waals surface area contributed by atoms with Crippen LogP contribution >= 0.6 is 11.6 Å². The first-order valence-corrected chi connectivity index (χ1v) is 12.8. The second kappa shape index (κ2) is 9.68. The summed E-state index contributed by atoms with van der Waals surface area (Å²) in [5, 5.41) is 0.0641. The fraction of sp³-hybridized carbons (Fsp3) is 0.435. The van der Waals surface area contributed by atoms with Gasteiger partial charge in [0.1, 0.15) is 10.6 Å². The molecule has 1 N–H and O–H groups in total. The van der Waals surface area contributed by atoms with E-state index < -0.39 is 10.0 Å². The number of nitrogens with one attached hydrogen (secondary N) is 1. The minimum absolute atomic E-state index is 0.0641. The highest BCUT2D eigenvalue weighted by molar-refractivity contribution is 7.92. The molecule has 0 bridgehead atoms. The maximum absolute atomic E-state index is 13.0. The van der Waals surface area contributed by atoms with Crippen LogP contribution in [-0.2, 0) is 10.0 Å². The molecule has 1 heterocycles. The van der Waals surface area contributed by atoms with Crippen LogP contribution in [0.25, 0.3) is 0 Å². The van der Waals surface area contributed by atoms with E-state index in [9.17, 15) is 13.2 Å². The number of hydrogen-bond acceptors (Lipinski definition) is 5. The minimum atomic E-state index is -3.97. The largest absolute Gasteiger partial charge is 0.494 e. The smallest absolute Gasteiger partial charge is 0.263 e. The second-order valence-corrected chi connectivity index (χ2v) is 10.3. The van der Waals surface area contributed by atoms with E-state index in [1.165, 1.54) is 25.0 Å². The SMILES string of the molecule is CCOc1ccc(NS(=O)(=O)c2cc(C(=O)N3CCN(CC4CC4)CC3)ccc2Cl)cc1. The van der Waals surface area contributed by atoms with Gasteiger partial charge in [-0.25, -0.2) is 8.42 Å². The third-order valence-corrected chi connectivity index (χ3v) is 7.62. The molecule has 1 saturated heterocycles. The molecule has 1 aliphatic heterocycles. The minimum Gasteiger partial charge on any atom is -0.494 e. The maximum Gasteiger partial charge on any atom is 0.263 e.